The van der Waals surface area contributed by atoms with Crippen LogP contribution in [0, 0.1) is 0 Å². The molecule has 1 atom stereocenters. The van der Waals surface area contributed by atoms with Crippen molar-refractivity contribution in [1.29, 1.82) is 0 Å². The van der Waals surface area contributed by atoms with E-state index in [1.807, 2.05) is 18.2 Å². The Bertz CT molecular complexity index is 490. The lowest BCUT2D eigenvalue weighted by Crippen LogP contribution is -2.39. The van der Waals surface area contributed by atoms with Crippen molar-refractivity contribution in [2.75, 3.05) is 32.7 Å². The molecule has 1 aromatic heterocycles. The molecule has 0 radical (unpaired) electrons. The molecule has 2 heterocycles. The molecule has 2 N–H and O–H groups in total. The first-order chi connectivity index (χ1) is 11.8. The summed E-state index contributed by atoms with van der Waals surface area (Å²) in [5.41, 5.74) is 0. The zero-order valence-corrected chi connectivity index (χ0v) is 17.7. The molecule has 1 aliphatic rings. The van der Waals surface area contributed by atoms with Gasteiger partial charge in [0.1, 0.15) is 5.76 Å². The van der Waals surface area contributed by atoms with Crippen molar-refractivity contribution in [3.8, 4) is 0 Å². The van der Waals surface area contributed by atoms with Gasteiger partial charge >= 0.3 is 0 Å². The number of nitrogens with zero attached hydrogens (tertiary/aromatic N) is 2. The molecule has 2 rings (SSSR count). The highest BCUT2D eigenvalue weighted by atomic mass is 127. The van der Waals surface area contributed by atoms with E-state index in [9.17, 15) is 0 Å². The Morgan fingerprint density at radius 1 is 1.44 bits per heavy atom. The molecule has 1 unspecified atom stereocenters. The summed E-state index contributed by atoms with van der Waals surface area (Å²) in [5, 5.41) is 6.63. The first-order valence-electron chi connectivity index (χ1n) is 9.19. The molecule has 1 saturated heterocycles. The van der Waals surface area contributed by atoms with Gasteiger partial charge in [-0.2, -0.15) is 0 Å². The average Bonchev–Trinajstić information content (AvgIpc) is 3.10. The number of aliphatic imine (C=N–C) groups is 1. The van der Waals surface area contributed by atoms with Crippen LogP contribution < -0.4 is 10.6 Å². The number of guanidine groups is 1. The Labute approximate surface area is 169 Å². The van der Waals surface area contributed by atoms with Crippen LogP contribution in [0.5, 0.6) is 0 Å². The van der Waals surface area contributed by atoms with E-state index in [1.165, 1.54) is 25.8 Å². The molecule has 0 saturated carbocycles. The standard InChI is InChI=1S/C19H32N4O.HI/c1-3-11-20-19(22-13-10-18-9-6-16-24-18)21-12-7-15-23-14-5-4-8-17(23)2;/h3,6,9,16-17H,1,4-5,7-8,10-15H2,2H3,(H2,20,21,22);1H. The quantitative estimate of drug-likeness (QED) is 0.195. The predicted molar refractivity (Wildman–Crippen MR) is 116 cm³/mol. The second-order valence-electron chi connectivity index (χ2n) is 6.39. The monoisotopic (exact) mass is 460 g/mol. The van der Waals surface area contributed by atoms with E-state index in [4.69, 9.17) is 4.42 Å². The Morgan fingerprint density at radius 3 is 3.04 bits per heavy atom. The maximum absolute atomic E-state index is 5.35. The van der Waals surface area contributed by atoms with Crippen LogP contribution in [0.4, 0.5) is 0 Å². The molecule has 1 aromatic rings. The lowest BCUT2D eigenvalue weighted by atomic mass is 10.0. The molecular weight excluding hydrogens is 427 g/mol. The average molecular weight is 460 g/mol. The topological polar surface area (TPSA) is 52.8 Å². The summed E-state index contributed by atoms with van der Waals surface area (Å²) in [6.07, 6.45) is 9.57. The molecule has 1 aliphatic heterocycles. The van der Waals surface area contributed by atoms with Gasteiger partial charge in [0, 0.05) is 38.6 Å². The Hall–Kier alpha value is -1.02. The normalized spacial score (nSPS) is 18.4. The minimum Gasteiger partial charge on any atom is -0.469 e. The fourth-order valence-electron chi connectivity index (χ4n) is 3.06. The third-order valence-electron chi connectivity index (χ3n) is 4.47. The maximum atomic E-state index is 5.35. The fourth-order valence-corrected chi connectivity index (χ4v) is 3.06. The van der Waals surface area contributed by atoms with Crippen LogP contribution in [0.3, 0.4) is 0 Å². The second-order valence-corrected chi connectivity index (χ2v) is 6.39. The van der Waals surface area contributed by atoms with Gasteiger partial charge in [0.05, 0.1) is 6.26 Å². The van der Waals surface area contributed by atoms with Gasteiger partial charge in [-0.05, 0) is 44.9 Å². The second kappa shape index (κ2) is 13.2. The number of likely N-dealkylation sites (tertiary alicyclic amines) is 1. The Balaban J connectivity index is 0.00000312. The van der Waals surface area contributed by atoms with Gasteiger partial charge < -0.3 is 20.0 Å². The number of rotatable bonds is 9. The zero-order chi connectivity index (χ0) is 17.0. The summed E-state index contributed by atoms with van der Waals surface area (Å²) >= 11 is 0. The van der Waals surface area contributed by atoms with Crippen molar-refractivity contribution in [1.82, 2.24) is 15.5 Å². The molecule has 5 nitrogen and oxygen atoms in total. The summed E-state index contributed by atoms with van der Waals surface area (Å²) < 4.78 is 5.35. The summed E-state index contributed by atoms with van der Waals surface area (Å²) in [7, 11) is 0. The predicted octanol–water partition coefficient (Wildman–Crippen LogP) is 3.43. The molecule has 0 spiro atoms. The molecular formula is C19H33IN4O. The first-order valence-corrected chi connectivity index (χ1v) is 9.19. The Morgan fingerprint density at radius 2 is 2.32 bits per heavy atom. The van der Waals surface area contributed by atoms with Crippen LogP contribution in [0.15, 0.2) is 40.5 Å². The van der Waals surface area contributed by atoms with Gasteiger partial charge in [-0.15, -0.1) is 30.6 Å². The number of nitrogens with one attached hydrogen (secondary N) is 2. The van der Waals surface area contributed by atoms with Crippen molar-refractivity contribution in [2.45, 2.75) is 45.1 Å². The zero-order valence-electron chi connectivity index (χ0n) is 15.4. The van der Waals surface area contributed by atoms with Crippen molar-refractivity contribution in [2.24, 2.45) is 4.99 Å². The van der Waals surface area contributed by atoms with Crippen LogP contribution in [0.25, 0.3) is 0 Å². The Kier molecular flexibility index (Phi) is 11.6. The van der Waals surface area contributed by atoms with Crippen molar-refractivity contribution >= 4 is 29.9 Å². The van der Waals surface area contributed by atoms with Gasteiger partial charge in [0.15, 0.2) is 5.96 Å². The van der Waals surface area contributed by atoms with Crippen LogP contribution in [0.1, 0.15) is 38.4 Å². The van der Waals surface area contributed by atoms with E-state index >= 15 is 0 Å². The van der Waals surface area contributed by atoms with Gasteiger partial charge in [-0.25, -0.2) is 0 Å². The number of hydrogen-bond donors (Lipinski definition) is 2. The summed E-state index contributed by atoms with van der Waals surface area (Å²) in [6, 6.07) is 4.64. The molecule has 0 bridgehead atoms. The lowest BCUT2D eigenvalue weighted by molar-refractivity contribution is 0.160. The van der Waals surface area contributed by atoms with Crippen LogP contribution in [-0.4, -0.2) is 49.6 Å². The smallest absolute Gasteiger partial charge is 0.191 e. The maximum Gasteiger partial charge on any atom is 0.191 e. The van der Waals surface area contributed by atoms with Crippen LogP contribution in [0.2, 0.25) is 0 Å². The number of piperidine rings is 1. The molecule has 0 amide bonds. The molecule has 0 aromatic carbocycles. The van der Waals surface area contributed by atoms with E-state index in [-0.39, 0.29) is 24.0 Å². The minimum absolute atomic E-state index is 0. The number of halogens is 1. The highest BCUT2D eigenvalue weighted by Gasteiger charge is 2.16. The van der Waals surface area contributed by atoms with Crippen LogP contribution in [-0.2, 0) is 6.42 Å². The van der Waals surface area contributed by atoms with Crippen molar-refractivity contribution in [3.63, 3.8) is 0 Å². The number of furan rings is 1. The van der Waals surface area contributed by atoms with E-state index in [2.05, 4.69) is 34.0 Å². The molecule has 1 fully saturated rings. The van der Waals surface area contributed by atoms with Crippen molar-refractivity contribution in [3.05, 3.63) is 36.8 Å². The SMILES string of the molecule is C=CCNC(=NCCCN1CCCCC1C)NCCc1ccco1.I. The van der Waals surface area contributed by atoms with E-state index in [0.29, 0.717) is 0 Å². The first kappa shape index (κ1) is 22.0. The summed E-state index contributed by atoms with van der Waals surface area (Å²) in [4.78, 5) is 7.28. The summed E-state index contributed by atoms with van der Waals surface area (Å²) in [6.45, 7) is 10.9. The summed E-state index contributed by atoms with van der Waals surface area (Å²) in [5.74, 6) is 1.85. The van der Waals surface area contributed by atoms with E-state index < -0.39 is 0 Å². The third-order valence-corrected chi connectivity index (χ3v) is 4.47. The third kappa shape index (κ3) is 8.76. The molecule has 0 aliphatic carbocycles. The van der Waals surface area contributed by atoms with Crippen LogP contribution >= 0.6 is 24.0 Å². The molecule has 142 valence electrons. The number of hydrogen-bond acceptors (Lipinski definition) is 3. The van der Waals surface area contributed by atoms with Crippen molar-refractivity contribution < 1.29 is 4.42 Å². The molecule has 6 heteroatoms. The van der Waals surface area contributed by atoms with Gasteiger partial charge in [0.2, 0.25) is 0 Å². The minimum atomic E-state index is 0. The van der Waals surface area contributed by atoms with E-state index in [0.717, 1.165) is 56.8 Å². The van der Waals surface area contributed by atoms with Gasteiger partial charge in [-0.3, -0.25) is 4.99 Å². The lowest BCUT2D eigenvalue weighted by Gasteiger charge is -2.33. The largest absolute Gasteiger partial charge is 0.469 e. The van der Waals surface area contributed by atoms with Gasteiger partial charge in [-0.1, -0.05) is 12.5 Å². The van der Waals surface area contributed by atoms with Gasteiger partial charge in [0.25, 0.3) is 0 Å². The highest BCUT2D eigenvalue weighted by molar-refractivity contribution is 14.0. The highest BCUT2D eigenvalue weighted by Crippen LogP contribution is 2.16. The molecule has 25 heavy (non-hydrogen) atoms. The van der Waals surface area contributed by atoms with E-state index in [1.54, 1.807) is 6.26 Å². The fraction of sp³-hybridized carbons (Fsp3) is 0.632.